The van der Waals surface area contributed by atoms with Gasteiger partial charge in [0.1, 0.15) is 11.3 Å². The predicted molar refractivity (Wildman–Crippen MR) is 87.8 cm³/mol. The molecular weight excluding hydrogens is 290 g/mol. The van der Waals surface area contributed by atoms with Crippen molar-refractivity contribution >= 4 is 0 Å². The second-order valence-corrected chi connectivity index (χ2v) is 6.89. The summed E-state index contributed by atoms with van der Waals surface area (Å²) in [5.41, 5.74) is 2.11. The number of hydrogen-bond donors (Lipinski definition) is 1. The van der Waals surface area contributed by atoms with Crippen molar-refractivity contribution in [2.45, 2.75) is 51.8 Å². The zero-order valence-corrected chi connectivity index (χ0v) is 14.1. The lowest BCUT2D eigenvalue weighted by atomic mass is 9.90. The number of aliphatic hydroxyl groups is 1. The van der Waals surface area contributed by atoms with Crippen molar-refractivity contribution in [3.05, 3.63) is 41.5 Å². The summed E-state index contributed by atoms with van der Waals surface area (Å²) < 4.78 is 1.80. The third kappa shape index (κ3) is 3.59. The van der Waals surface area contributed by atoms with Crippen molar-refractivity contribution in [1.29, 1.82) is 0 Å². The molecule has 0 saturated carbocycles. The van der Waals surface area contributed by atoms with Crippen LogP contribution >= 0.6 is 0 Å². The van der Waals surface area contributed by atoms with Crippen LogP contribution in [0.25, 0.3) is 0 Å². The molecule has 0 aliphatic carbocycles. The molecule has 1 saturated heterocycles. The first-order chi connectivity index (χ1) is 11.0. The fourth-order valence-electron chi connectivity index (χ4n) is 3.17. The van der Waals surface area contributed by atoms with Gasteiger partial charge < -0.3 is 5.11 Å². The summed E-state index contributed by atoms with van der Waals surface area (Å²) >= 11 is 0. The molecule has 3 heterocycles. The molecule has 124 valence electrons. The van der Waals surface area contributed by atoms with Gasteiger partial charge in [-0.25, -0.2) is 4.68 Å². The molecule has 0 amide bonds. The van der Waals surface area contributed by atoms with Gasteiger partial charge in [0.2, 0.25) is 0 Å². The van der Waals surface area contributed by atoms with Crippen molar-refractivity contribution in [2.24, 2.45) is 0 Å². The van der Waals surface area contributed by atoms with E-state index < -0.39 is 5.60 Å². The first kappa shape index (κ1) is 16.1. The lowest BCUT2D eigenvalue weighted by Gasteiger charge is -2.38. The Morgan fingerprint density at radius 2 is 2.17 bits per heavy atom. The van der Waals surface area contributed by atoms with Gasteiger partial charge in [-0.2, -0.15) is 0 Å². The Morgan fingerprint density at radius 1 is 1.35 bits per heavy atom. The van der Waals surface area contributed by atoms with Gasteiger partial charge in [-0.3, -0.25) is 9.88 Å². The maximum atomic E-state index is 11.1. The number of hydrogen-bond acceptors (Lipinski definition) is 5. The molecule has 3 rings (SSSR count). The fourth-order valence-corrected chi connectivity index (χ4v) is 3.17. The van der Waals surface area contributed by atoms with E-state index in [-0.39, 0.29) is 6.04 Å². The molecule has 6 heteroatoms. The highest BCUT2D eigenvalue weighted by Crippen LogP contribution is 2.31. The van der Waals surface area contributed by atoms with E-state index in [0.717, 1.165) is 31.5 Å². The van der Waals surface area contributed by atoms with Crippen LogP contribution in [0, 0.1) is 6.92 Å². The Balaban J connectivity index is 1.73. The number of β-amino-alcohol motifs (C(OH)–C–C–N with tert-alkyl or cyclic N) is 1. The number of rotatable bonds is 4. The standard InChI is InChI=1S/C17H25N5O/c1-13(2)22-11-16(19-20-22)17(23)5-4-6-21(12-17)10-15-7-14(3)8-18-9-15/h7-9,11,13,23H,4-6,10,12H2,1-3H3/t17-/m0/s1. The van der Waals surface area contributed by atoms with Crippen molar-refractivity contribution in [3.8, 4) is 0 Å². The molecule has 1 atom stereocenters. The normalized spacial score (nSPS) is 22.7. The van der Waals surface area contributed by atoms with Crippen molar-refractivity contribution < 1.29 is 5.11 Å². The summed E-state index contributed by atoms with van der Waals surface area (Å²) in [4.78, 5) is 6.52. The maximum Gasteiger partial charge on any atom is 0.123 e. The van der Waals surface area contributed by atoms with E-state index in [0.29, 0.717) is 12.2 Å². The Bertz CT molecular complexity index is 669. The third-order valence-electron chi connectivity index (χ3n) is 4.40. The highest BCUT2D eigenvalue weighted by atomic mass is 16.3. The topological polar surface area (TPSA) is 67.1 Å². The first-order valence-electron chi connectivity index (χ1n) is 8.24. The van der Waals surface area contributed by atoms with Crippen LogP contribution < -0.4 is 0 Å². The summed E-state index contributed by atoms with van der Waals surface area (Å²) in [5, 5.41) is 19.4. The average Bonchev–Trinajstić information content (AvgIpc) is 2.98. The minimum atomic E-state index is -0.914. The summed E-state index contributed by atoms with van der Waals surface area (Å²) in [6.45, 7) is 8.52. The molecule has 0 aromatic carbocycles. The molecule has 6 nitrogen and oxygen atoms in total. The van der Waals surface area contributed by atoms with Crippen molar-refractivity contribution in [3.63, 3.8) is 0 Å². The number of aryl methyl sites for hydroxylation is 1. The van der Waals surface area contributed by atoms with E-state index in [1.807, 2.05) is 25.5 Å². The van der Waals surface area contributed by atoms with Gasteiger partial charge in [0.15, 0.2) is 0 Å². The van der Waals surface area contributed by atoms with Gasteiger partial charge in [-0.1, -0.05) is 11.3 Å². The summed E-state index contributed by atoms with van der Waals surface area (Å²) in [6, 6.07) is 2.40. The lowest BCUT2D eigenvalue weighted by Crippen LogP contribution is -2.46. The van der Waals surface area contributed by atoms with E-state index in [1.165, 1.54) is 5.56 Å². The maximum absolute atomic E-state index is 11.1. The molecule has 0 bridgehead atoms. The van der Waals surface area contributed by atoms with Gasteiger partial charge in [0, 0.05) is 31.5 Å². The molecule has 1 N–H and O–H groups in total. The summed E-state index contributed by atoms with van der Waals surface area (Å²) in [7, 11) is 0. The van der Waals surface area contributed by atoms with Gasteiger partial charge >= 0.3 is 0 Å². The highest BCUT2D eigenvalue weighted by Gasteiger charge is 2.37. The van der Waals surface area contributed by atoms with E-state index >= 15 is 0 Å². The van der Waals surface area contributed by atoms with E-state index in [4.69, 9.17) is 0 Å². The van der Waals surface area contributed by atoms with Crippen molar-refractivity contribution in [1.82, 2.24) is 24.9 Å². The number of likely N-dealkylation sites (tertiary alicyclic amines) is 1. The molecule has 0 spiro atoms. The molecule has 23 heavy (non-hydrogen) atoms. The summed E-state index contributed by atoms with van der Waals surface area (Å²) in [6.07, 6.45) is 7.31. The number of piperidine rings is 1. The molecule has 0 radical (unpaired) electrons. The molecule has 0 unspecified atom stereocenters. The zero-order chi connectivity index (χ0) is 16.4. The smallest absolute Gasteiger partial charge is 0.123 e. The van der Waals surface area contributed by atoms with E-state index in [9.17, 15) is 5.11 Å². The largest absolute Gasteiger partial charge is 0.382 e. The number of pyridine rings is 1. The van der Waals surface area contributed by atoms with Gasteiger partial charge in [-0.15, -0.1) is 5.10 Å². The number of nitrogens with zero attached hydrogens (tertiary/aromatic N) is 5. The highest BCUT2D eigenvalue weighted by molar-refractivity contribution is 5.17. The molecule has 1 aliphatic rings. The molecule has 1 fully saturated rings. The SMILES string of the molecule is Cc1cncc(CN2CCC[C@@](O)(c3cn(C(C)C)nn3)C2)c1. The van der Waals surface area contributed by atoms with Crippen LogP contribution in [0.3, 0.4) is 0 Å². The van der Waals surface area contributed by atoms with Gasteiger partial charge in [-0.05, 0) is 51.3 Å². The Kier molecular flexibility index (Phi) is 4.46. The zero-order valence-electron chi connectivity index (χ0n) is 14.1. The van der Waals surface area contributed by atoms with Crippen LogP contribution in [0.5, 0.6) is 0 Å². The van der Waals surface area contributed by atoms with Crippen molar-refractivity contribution in [2.75, 3.05) is 13.1 Å². The average molecular weight is 315 g/mol. The Hall–Kier alpha value is -1.79. The minimum Gasteiger partial charge on any atom is -0.382 e. The molecule has 1 aliphatic heterocycles. The minimum absolute atomic E-state index is 0.248. The number of aromatic nitrogens is 4. The Labute approximate surface area is 137 Å². The van der Waals surface area contributed by atoms with E-state index in [1.54, 1.807) is 4.68 Å². The van der Waals surface area contributed by atoms with E-state index in [2.05, 4.69) is 40.1 Å². The lowest BCUT2D eigenvalue weighted by molar-refractivity contribution is -0.0414. The second kappa shape index (κ2) is 6.37. The van der Waals surface area contributed by atoms with Crippen LogP contribution in [0.2, 0.25) is 0 Å². The van der Waals surface area contributed by atoms with Crippen LogP contribution in [0.15, 0.2) is 24.7 Å². The van der Waals surface area contributed by atoms with Crippen LogP contribution in [0.4, 0.5) is 0 Å². The second-order valence-electron chi connectivity index (χ2n) is 6.89. The quantitative estimate of drug-likeness (QED) is 0.935. The summed E-state index contributed by atoms with van der Waals surface area (Å²) in [5.74, 6) is 0. The monoisotopic (exact) mass is 315 g/mol. The van der Waals surface area contributed by atoms with Gasteiger partial charge in [0.05, 0.1) is 6.20 Å². The molecule has 2 aromatic rings. The third-order valence-corrected chi connectivity index (χ3v) is 4.40. The van der Waals surface area contributed by atoms with Crippen LogP contribution in [0.1, 0.15) is 49.6 Å². The van der Waals surface area contributed by atoms with Crippen LogP contribution in [-0.2, 0) is 12.1 Å². The van der Waals surface area contributed by atoms with Gasteiger partial charge in [0.25, 0.3) is 0 Å². The molecular formula is C17H25N5O. The first-order valence-corrected chi connectivity index (χ1v) is 8.24. The fraction of sp³-hybridized carbons (Fsp3) is 0.588. The molecule has 2 aromatic heterocycles. The Morgan fingerprint density at radius 3 is 2.87 bits per heavy atom. The predicted octanol–water partition coefficient (Wildman–Crippen LogP) is 2.05. The van der Waals surface area contributed by atoms with Crippen LogP contribution in [-0.4, -0.2) is 43.1 Å².